The van der Waals surface area contributed by atoms with E-state index in [1.807, 2.05) is 13.0 Å². The normalized spacial score (nSPS) is 14.2. The molecule has 1 saturated heterocycles. The van der Waals surface area contributed by atoms with Crippen molar-refractivity contribution < 1.29 is 9.53 Å². The number of nitrogens with zero attached hydrogens (tertiary/aromatic N) is 3. The zero-order chi connectivity index (χ0) is 19.2. The number of hydrogen-bond donors (Lipinski definition) is 1. The van der Waals surface area contributed by atoms with Gasteiger partial charge in [-0.15, -0.1) is 0 Å². The molecule has 1 amide bonds. The molecule has 0 aliphatic carbocycles. The van der Waals surface area contributed by atoms with Crippen LogP contribution in [0.15, 0.2) is 35.1 Å². The van der Waals surface area contributed by atoms with E-state index in [-0.39, 0.29) is 17.2 Å². The minimum atomic E-state index is -0.378. The van der Waals surface area contributed by atoms with Crippen LogP contribution in [0, 0.1) is 0 Å². The van der Waals surface area contributed by atoms with Gasteiger partial charge < -0.3 is 15.0 Å². The maximum absolute atomic E-state index is 12.7. The number of rotatable bonds is 6. The fourth-order valence-corrected chi connectivity index (χ4v) is 3.24. The van der Waals surface area contributed by atoms with Gasteiger partial charge in [-0.05, 0) is 24.6 Å². The average Bonchev–Trinajstić information content (AvgIpc) is 2.68. The number of aryl methyl sites for hydroxylation is 1. The van der Waals surface area contributed by atoms with Crippen molar-refractivity contribution in [2.75, 3.05) is 36.5 Å². The molecular formula is C19H23ClN4O3. The van der Waals surface area contributed by atoms with Gasteiger partial charge in [0.15, 0.2) is 0 Å². The van der Waals surface area contributed by atoms with Gasteiger partial charge in [-0.3, -0.25) is 9.59 Å². The smallest absolute Gasteiger partial charge is 0.276 e. The van der Waals surface area contributed by atoms with Crippen molar-refractivity contribution in [2.24, 2.45) is 0 Å². The quantitative estimate of drug-likeness (QED) is 0.820. The molecule has 3 rings (SSSR count). The Morgan fingerprint density at radius 3 is 2.78 bits per heavy atom. The lowest BCUT2D eigenvalue weighted by Crippen LogP contribution is -2.37. The number of benzene rings is 1. The van der Waals surface area contributed by atoms with Gasteiger partial charge in [-0.25, -0.2) is 4.68 Å². The van der Waals surface area contributed by atoms with Gasteiger partial charge in [0.05, 0.1) is 29.6 Å². The summed E-state index contributed by atoms with van der Waals surface area (Å²) in [6.07, 6.45) is 1.77. The largest absolute Gasteiger partial charge is 0.378 e. The van der Waals surface area contributed by atoms with Crippen molar-refractivity contribution in [1.82, 2.24) is 9.78 Å². The molecule has 27 heavy (non-hydrogen) atoms. The first kappa shape index (κ1) is 19.4. The SMILES string of the molecule is CCCCn1nc(C(=O)Nc2cccc(Cl)c2N2CCOCC2)ccc1=O. The summed E-state index contributed by atoms with van der Waals surface area (Å²) in [4.78, 5) is 26.7. The summed E-state index contributed by atoms with van der Waals surface area (Å²) in [5, 5.41) is 7.65. The molecule has 0 unspecified atom stereocenters. The van der Waals surface area contributed by atoms with Gasteiger partial charge in [0.2, 0.25) is 0 Å². The molecule has 0 bridgehead atoms. The van der Waals surface area contributed by atoms with E-state index in [9.17, 15) is 9.59 Å². The highest BCUT2D eigenvalue weighted by molar-refractivity contribution is 6.34. The van der Waals surface area contributed by atoms with E-state index in [1.165, 1.54) is 16.8 Å². The monoisotopic (exact) mass is 390 g/mol. The molecule has 8 heteroatoms. The highest BCUT2D eigenvalue weighted by atomic mass is 35.5. The molecule has 0 saturated carbocycles. The third-order valence-corrected chi connectivity index (χ3v) is 4.69. The van der Waals surface area contributed by atoms with Crippen molar-refractivity contribution in [3.8, 4) is 0 Å². The van der Waals surface area contributed by atoms with Crippen LogP contribution in [0.3, 0.4) is 0 Å². The lowest BCUT2D eigenvalue weighted by molar-refractivity contribution is 0.101. The summed E-state index contributed by atoms with van der Waals surface area (Å²) in [7, 11) is 0. The molecule has 2 heterocycles. The number of ether oxygens (including phenoxy) is 1. The van der Waals surface area contributed by atoms with Crippen LogP contribution in [0.1, 0.15) is 30.3 Å². The van der Waals surface area contributed by atoms with E-state index in [1.54, 1.807) is 12.1 Å². The minimum Gasteiger partial charge on any atom is -0.378 e. The Kier molecular flexibility index (Phi) is 6.47. The number of carbonyl (C=O) groups is 1. The summed E-state index contributed by atoms with van der Waals surface area (Å²) in [6.45, 7) is 5.16. The topological polar surface area (TPSA) is 76.5 Å². The molecule has 0 atom stereocenters. The Morgan fingerprint density at radius 2 is 2.04 bits per heavy atom. The zero-order valence-electron chi connectivity index (χ0n) is 15.3. The number of carbonyl (C=O) groups excluding carboxylic acids is 1. The second-order valence-electron chi connectivity index (χ2n) is 6.32. The molecule has 1 fully saturated rings. The molecule has 144 valence electrons. The maximum atomic E-state index is 12.7. The van der Waals surface area contributed by atoms with Crippen LogP contribution in [-0.2, 0) is 11.3 Å². The molecule has 0 radical (unpaired) electrons. The Hall–Kier alpha value is -2.38. The van der Waals surface area contributed by atoms with Gasteiger partial charge in [0.1, 0.15) is 5.69 Å². The van der Waals surface area contributed by atoms with Gasteiger partial charge >= 0.3 is 0 Å². The lowest BCUT2D eigenvalue weighted by atomic mass is 10.2. The van der Waals surface area contributed by atoms with Gasteiger partial charge in [0.25, 0.3) is 11.5 Å². The van der Waals surface area contributed by atoms with Crippen molar-refractivity contribution >= 4 is 28.9 Å². The van der Waals surface area contributed by atoms with Crippen LogP contribution in [0.25, 0.3) is 0 Å². The van der Waals surface area contributed by atoms with Crippen LogP contribution in [0.2, 0.25) is 5.02 Å². The van der Waals surface area contributed by atoms with Crippen LogP contribution >= 0.6 is 11.6 Å². The zero-order valence-corrected chi connectivity index (χ0v) is 16.0. The Morgan fingerprint density at radius 1 is 1.26 bits per heavy atom. The molecule has 7 nitrogen and oxygen atoms in total. The highest BCUT2D eigenvalue weighted by Gasteiger charge is 2.20. The predicted octanol–water partition coefficient (Wildman–Crippen LogP) is 2.79. The first-order valence-electron chi connectivity index (χ1n) is 9.11. The number of para-hydroxylation sites is 1. The summed E-state index contributed by atoms with van der Waals surface area (Å²) in [5.74, 6) is -0.378. The first-order valence-corrected chi connectivity index (χ1v) is 9.48. The molecule has 2 aromatic rings. The molecule has 0 spiro atoms. The third-order valence-electron chi connectivity index (χ3n) is 4.39. The predicted molar refractivity (Wildman–Crippen MR) is 106 cm³/mol. The minimum absolute atomic E-state index is 0.193. The van der Waals surface area contributed by atoms with E-state index in [0.29, 0.717) is 43.6 Å². The number of halogens is 1. The molecule has 1 N–H and O–H groups in total. The van der Waals surface area contributed by atoms with E-state index < -0.39 is 0 Å². The first-order chi connectivity index (χ1) is 13.1. The third kappa shape index (κ3) is 4.67. The van der Waals surface area contributed by atoms with E-state index in [4.69, 9.17) is 16.3 Å². The molecule has 1 aliphatic rings. The molecular weight excluding hydrogens is 368 g/mol. The van der Waals surface area contributed by atoms with Crippen LogP contribution in [-0.4, -0.2) is 42.0 Å². The fraction of sp³-hybridized carbons (Fsp3) is 0.421. The fourth-order valence-electron chi connectivity index (χ4n) is 2.95. The van der Waals surface area contributed by atoms with Crippen LogP contribution in [0.4, 0.5) is 11.4 Å². The van der Waals surface area contributed by atoms with Crippen molar-refractivity contribution in [2.45, 2.75) is 26.3 Å². The van der Waals surface area contributed by atoms with Crippen molar-refractivity contribution in [3.63, 3.8) is 0 Å². The van der Waals surface area contributed by atoms with E-state index in [2.05, 4.69) is 15.3 Å². The van der Waals surface area contributed by atoms with E-state index in [0.717, 1.165) is 18.5 Å². The number of hydrogen-bond acceptors (Lipinski definition) is 5. The molecule has 1 aromatic carbocycles. The number of morpholine rings is 1. The Labute approximate surface area is 162 Å². The van der Waals surface area contributed by atoms with Gasteiger partial charge in [-0.1, -0.05) is 31.0 Å². The van der Waals surface area contributed by atoms with E-state index >= 15 is 0 Å². The summed E-state index contributed by atoms with van der Waals surface area (Å²) in [5.41, 5.74) is 1.37. The van der Waals surface area contributed by atoms with Crippen molar-refractivity contribution in [1.29, 1.82) is 0 Å². The van der Waals surface area contributed by atoms with Crippen molar-refractivity contribution in [3.05, 3.63) is 51.4 Å². The number of unbranched alkanes of at least 4 members (excludes halogenated alkanes) is 1. The molecule has 1 aromatic heterocycles. The summed E-state index contributed by atoms with van der Waals surface area (Å²) >= 11 is 6.40. The summed E-state index contributed by atoms with van der Waals surface area (Å²) in [6, 6.07) is 8.21. The van der Waals surface area contributed by atoms with Crippen LogP contribution in [0.5, 0.6) is 0 Å². The lowest BCUT2D eigenvalue weighted by Gasteiger charge is -2.31. The van der Waals surface area contributed by atoms with Crippen LogP contribution < -0.4 is 15.8 Å². The Balaban J connectivity index is 1.84. The number of nitrogens with one attached hydrogen (secondary N) is 1. The standard InChI is InChI=1S/C19H23ClN4O3/c1-2-3-9-24-17(25)8-7-16(22-24)19(26)21-15-6-4-5-14(20)18(15)23-10-12-27-13-11-23/h4-8H,2-3,9-13H2,1H3,(H,21,26). The number of anilines is 2. The number of amides is 1. The van der Waals surface area contributed by atoms with Gasteiger partial charge in [-0.2, -0.15) is 5.10 Å². The Bertz CT molecular complexity index is 862. The second-order valence-corrected chi connectivity index (χ2v) is 6.73. The maximum Gasteiger partial charge on any atom is 0.276 e. The summed E-state index contributed by atoms with van der Waals surface area (Å²) < 4.78 is 6.73. The molecule has 1 aliphatic heterocycles. The average molecular weight is 391 g/mol. The number of aromatic nitrogens is 2. The highest BCUT2D eigenvalue weighted by Crippen LogP contribution is 2.34. The second kappa shape index (κ2) is 9.01. The van der Waals surface area contributed by atoms with Gasteiger partial charge in [0, 0.05) is 25.7 Å².